The van der Waals surface area contributed by atoms with Crippen molar-refractivity contribution in [1.29, 1.82) is 0 Å². The van der Waals surface area contributed by atoms with Gasteiger partial charge in [0.1, 0.15) is 17.8 Å². The number of rotatable bonds is 11. The van der Waals surface area contributed by atoms with E-state index in [1.54, 1.807) is 49.1 Å². The van der Waals surface area contributed by atoms with Crippen LogP contribution in [-0.2, 0) is 28.5 Å². The number of aliphatic hydroxyl groups excluding tert-OH is 1. The molecule has 0 bridgehead atoms. The van der Waals surface area contributed by atoms with Crippen LogP contribution in [-0.4, -0.2) is 123 Å². The molecule has 0 aromatic rings. The molecule has 306 valence electrons. The zero-order chi connectivity index (χ0) is 39.6. The zero-order valence-corrected chi connectivity index (χ0v) is 33.8. The summed E-state index contributed by atoms with van der Waals surface area (Å²) < 4.78 is 23.2. The number of amides is 1. The molecule has 3 heterocycles. The lowest BCUT2D eigenvalue weighted by atomic mass is 9.88. The largest absolute Gasteiger partial charge is 0.462 e. The molecular formula is C42H68N2O10. The third kappa shape index (κ3) is 13.2. The van der Waals surface area contributed by atoms with Crippen molar-refractivity contribution in [2.24, 2.45) is 11.8 Å². The molecule has 1 saturated carbocycles. The first-order chi connectivity index (χ1) is 25.5. The molecule has 1 amide bonds. The van der Waals surface area contributed by atoms with E-state index in [1.807, 2.05) is 27.7 Å². The van der Waals surface area contributed by atoms with Crippen molar-refractivity contribution in [2.75, 3.05) is 26.2 Å². The Morgan fingerprint density at radius 1 is 1.09 bits per heavy atom. The van der Waals surface area contributed by atoms with E-state index in [0.29, 0.717) is 37.5 Å². The van der Waals surface area contributed by atoms with Crippen molar-refractivity contribution < 1.29 is 48.7 Å². The summed E-state index contributed by atoms with van der Waals surface area (Å²) in [6.45, 7) is 15.1. The van der Waals surface area contributed by atoms with Crippen LogP contribution >= 0.6 is 0 Å². The predicted molar refractivity (Wildman–Crippen MR) is 205 cm³/mol. The Kier molecular flexibility index (Phi) is 16.2. The second-order valence-electron chi connectivity index (χ2n) is 16.8. The van der Waals surface area contributed by atoms with Gasteiger partial charge in [0.2, 0.25) is 0 Å². The molecule has 0 unspecified atom stereocenters. The number of esters is 2. The van der Waals surface area contributed by atoms with E-state index in [0.717, 1.165) is 13.1 Å². The number of carbonyl (C=O) groups excluding carboxylic acids is 3. The van der Waals surface area contributed by atoms with E-state index in [2.05, 4.69) is 4.90 Å². The fourth-order valence-electron chi connectivity index (χ4n) is 8.27. The highest BCUT2D eigenvalue weighted by Gasteiger charge is 2.48. The Bertz CT molecular complexity index is 1330. The number of epoxide rings is 1. The number of nitrogens with zero attached hydrogens (tertiary/aromatic N) is 2. The lowest BCUT2D eigenvalue weighted by Gasteiger charge is -2.40. The van der Waals surface area contributed by atoms with E-state index in [1.165, 1.54) is 45.4 Å². The SMILES string of the molecule is CC[C@@H](OC(C)=O)[C@@H](C)[C@H]1O[C@@H]1C[C@](C)(O)/C=C/C=C(\C)[C@H]1OC(=O)C[C@@H](O)CC[C@](C)(O)[C@@H](OC(=O)N2CCN(C3CCCCCC3)CC2)/C=C/[C@@H]1C. The second-order valence-corrected chi connectivity index (χ2v) is 16.8. The smallest absolute Gasteiger partial charge is 0.410 e. The minimum absolute atomic E-state index is 0.00662. The second kappa shape index (κ2) is 19.9. The molecule has 4 aliphatic rings. The summed E-state index contributed by atoms with van der Waals surface area (Å²) in [5.41, 5.74) is -1.98. The maximum absolute atomic E-state index is 13.5. The number of hydrogen-bond acceptors (Lipinski definition) is 11. The van der Waals surface area contributed by atoms with Crippen LogP contribution in [0.25, 0.3) is 0 Å². The Labute approximate surface area is 322 Å². The van der Waals surface area contributed by atoms with Crippen molar-refractivity contribution in [3.05, 3.63) is 36.0 Å². The molecule has 10 atom stereocenters. The van der Waals surface area contributed by atoms with E-state index in [4.69, 9.17) is 18.9 Å². The van der Waals surface area contributed by atoms with Gasteiger partial charge in [0.15, 0.2) is 6.10 Å². The van der Waals surface area contributed by atoms with Crippen LogP contribution in [0.15, 0.2) is 36.0 Å². The molecule has 0 radical (unpaired) electrons. The molecule has 0 spiro atoms. The quantitative estimate of drug-likeness (QED) is 0.0600. The van der Waals surface area contributed by atoms with Crippen LogP contribution in [0.5, 0.6) is 0 Å². The molecule has 3 aliphatic heterocycles. The predicted octanol–water partition coefficient (Wildman–Crippen LogP) is 5.62. The van der Waals surface area contributed by atoms with Gasteiger partial charge < -0.3 is 39.2 Å². The highest BCUT2D eigenvalue weighted by molar-refractivity contribution is 5.70. The highest BCUT2D eigenvalue weighted by atomic mass is 16.6. The fraction of sp³-hybridized carbons (Fsp3) is 0.786. The third-order valence-corrected chi connectivity index (χ3v) is 11.8. The van der Waals surface area contributed by atoms with Crippen molar-refractivity contribution in [1.82, 2.24) is 9.80 Å². The standard InChI is InChI=1S/C42H68N2O10/c1-8-34(51-31(5)45)30(4)39-35(52-39)27-41(6,49)20-13-14-28(2)38-29(3)17-18-36(42(7,50)21-19-33(46)26-37(47)54-38)53-40(48)44-24-22-43(23-25-44)32-15-11-9-10-12-16-32/h13-14,17-18,20,29-30,32-36,38-39,46,49-50H,8-12,15-16,19,21-27H2,1-7H3/b18-17+,20-13+,28-14+/t29-,30+,33-,34+,35+,36-,38+,39+,41+,42-/m0/s1. The van der Waals surface area contributed by atoms with Crippen LogP contribution < -0.4 is 0 Å². The monoisotopic (exact) mass is 760 g/mol. The Morgan fingerprint density at radius 2 is 1.76 bits per heavy atom. The lowest BCUT2D eigenvalue weighted by Crippen LogP contribution is -2.53. The number of cyclic esters (lactones) is 1. The number of carbonyl (C=O) groups is 3. The molecule has 54 heavy (non-hydrogen) atoms. The molecular weight excluding hydrogens is 692 g/mol. The molecule has 2 saturated heterocycles. The summed E-state index contributed by atoms with van der Waals surface area (Å²) in [5, 5.41) is 33.5. The maximum atomic E-state index is 13.5. The van der Waals surface area contributed by atoms with Gasteiger partial charge in [-0.05, 0) is 64.5 Å². The molecule has 4 rings (SSSR count). The van der Waals surface area contributed by atoms with E-state index in [-0.39, 0.29) is 55.4 Å². The van der Waals surface area contributed by atoms with E-state index in [9.17, 15) is 29.7 Å². The van der Waals surface area contributed by atoms with Gasteiger partial charge >= 0.3 is 18.0 Å². The minimum Gasteiger partial charge on any atom is -0.462 e. The fourth-order valence-corrected chi connectivity index (χ4v) is 8.27. The van der Waals surface area contributed by atoms with Crippen LogP contribution in [0.4, 0.5) is 4.79 Å². The summed E-state index contributed by atoms with van der Waals surface area (Å²) in [4.78, 5) is 42.2. The number of allylic oxidation sites excluding steroid dienone is 2. The number of aliphatic hydroxyl groups is 3. The van der Waals surface area contributed by atoms with Gasteiger partial charge in [-0.1, -0.05) is 70.8 Å². The summed E-state index contributed by atoms with van der Waals surface area (Å²) in [6, 6.07) is 0.575. The summed E-state index contributed by atoms with van der Waals surface area (Å²) in [7, 11) is 0. The van der Waals surface area contributed by atoms with Gasteiger partial charge in [0.25, 0.3) is 0 Å². The topological polar surface area (TPSA) is 159 Å². The van der Waals surface area contributed by atoms with Crippen LogP contribution in [0.2, 0.25) is 0 Å². The number of piperazine rings is 1. The van der Waals surface area contributed by atoms with Gasteiger partial charge in [0.05, 0.1) is 30.3 Å². The molecule has 12 heteroatoms. The normalized spacial score (nSPS) is 34.0. The minimum atomic E-state index is -1.49. The van der Waals surface area contributed by atoms with Gasteiger partial charge in [-0.25, -0.2) is 4.79 Å². The van der Waals surface area contributed by atoms with Crippen molar-refractivity contribution in [2.45, 2.75) is 173 Å². The van der Waals surface area contributed by atoms with Gasteiger partial charge in [-0.3, -0.25) is 14.5 Å². The number of ether oxygens (including phenoxy) is 4. The number of hydrogen-bond donors (Lipinski definition) is 3. The first-order valence-electron chi connectivity index (χ1n) is 20.4. The Balaban J connectivity index is 1.41. The van der Waals surface area contributed by atoms with Crippen molar-refractivity contribution >= 4 is 18.0 Å². The molecule has 0 aromatic heterocycles. The zero-order valence-electron chi connectivity index (χ0n) is 33.8. The van der Waals surface area contributed by atoms with Gasteiger partial charge in [-0.15, -0.1) is 0 Å². The van der Waals surface area contributed by atoms with Crippen LogP contribution in [0, 0.1) is 11.8 Å². The Morgan fingerprint density at radius 3 is 2.39 bits per heavy atom. The molecule has 0 aromatic carbocycles. The first kappa shape index (κ1) is 44.0. The molecule has 12 nitrogen and oxygen atoms in total. The molecule has 3 fully saturated rings. The van der Waals surface area contributed by atoms with Crippen molar-refractivity contribution in [3.8, 4) is 0 Å². The summed E-state index contributed by atoms with van der Waals surface area (Å²) >= 11 is 0. The Hall–Kier alpha value is -2.77. The molecule has 1 aliphatic carbocycles. The average Bonchev–Trinajstić information content (AvgIpc) is 3.92. The van der Waals surface area contributed by atoms with Gasteiger partial charge in [-0.2, -0.15) is 0 Å². The van der Waals surface area contributed by atoms with Crippen molar-refractivity contribution in [3.63, 3.8) is 0 Å². The van der Waals surface area contributed by atoms with E-state index >= 15 is 0 Å². The third-order valence-electron chi connectivity index (χ3n) is 11.8. The summed E-state index contributed by atoms with van der Waals surface area (Å²) in [5.74, 6) is -1.28. The lowest BCUT2D eigenvalue weighted by molar-refractivity contribution is -0.152. The maximum Gasteiger partial charge on any atom is 0.410 e. The summed E-state index contributed by atoms with van der Waals surface area (Å²) in [6.07, 6.45) is 13.4. The molecule has 3 N–H and O–H groups in total. The van der Waals surface area contributed by atoms with Gasteiger partial charge in [0, 0.05) is 57.4 Å². The van der Waals surface area contributed by atoms with Crippen LogP contribution in [0.3, 0.4) is 0 Å². The first-order valence-corrected chi connectivity index (χ1v) is 20.4. The highest BCUT2D eigenvalue weighted by Crippen LogP contribution is 2.38. The average molecular weight is 761 g/mol. The van der Waals surface area contributed by atoms with E-state index < -0.39 is 41.6 Å². The van der Waals surface area contributed by atoms with Crippen LogP contribution in [0.1, 0.15) is 119 Å².